The first kappa shape index (κ1) is 13.3. The quantitative estimate of drug-likeness (QED) is 0.758. The lowest BCUT2D eigenvalue weighted by atomic mass is 10.0. The van der Waals surface area contributed by atoms with Crippen LogP contribution in [0.2, 0.25) is 0 Å². The van der Waals surface area contributed by atoms with Gasteiger partial charge >= 0.3 is 0 Å². The van der Waals surface area contributed by atoms with E-state index < -0.39 is 0 Å². The van der Waals surface area contributed by atoms with Gasteiger partial charge in [-0.25, -0.2) is 0 Å². The predicted molar refractivity (Wildman–Crippen MR) is 70.4 cm³/mol. The largest absolute Gasteiger partial charge is 0.327 e. The highest BCUT2D eigenvalue weighted by atomic mass is 32.2. The molecule has 0 bridgehead atoms. The third-order valence-electron chi connectivity index (χ3n) is 3.69. The number of hydrogen-bond donors (Lipinski definition) is 1. The summed E-state index contributed by atoms with van der Waals surface area (Å²) in [4.78, 5) is 2.52. The Morgan fingerprint density at radius 3 is 2.67 bits per heavy atom. The Morgan fingerprint density at radius 1 is 1.47 bits per heavy atom. The van der Waals surface area contributed by atoms with E-state index in [-0.39, 0.29) is 0 Å². The molecule has 0 amide bonds. The summed E-state index contributed by atoms with van der Waals surface area (Å²) in [5.74, 6) is 1.99. The van der Waals surface area contributed by atoms with Gasteiger partial charge in [0.15, 0.2) is 0 Å². The van der Waals surface area contributed by atoms with Crippen LogP contribution in [0.15, 0.2) is 0 Å². The molecule has 1 fully saturated rings. The first-order chi connectivity index (χ1) is 7.19. The molecular formula is C12H26N2S. The van der Waals surface area contributed by atoms with Crippen molar-refractivity contribution in [3.63, 3.8) is 0 Å². The molecule has 0 aliphatic heterocycles. The molecule has 3 heteroatoms. The zero-order valence-corrected chi connectivity index (χ0v) is 11.2. The van der Waals surface area contributed by atoms with Crippen molar-refractivity contribution in [2.75, 3.05) is 25.6 Å². The van der Waals surface area contributed by atoms with Crippen LogP contribution in [-0.4, -0.2) is 42.6 Å². The molecule has 2 N–H and O–H groups in total. The number of hydrogen-bond acceptors (Lipinski definition) is 3. The van der Waals surface area contributed by atoms with Gasteiger partial charge in [0.2, 0.25) is 0 Å². The van der Waals surface area contributed by atoms with Crippen LogP contribution in [0.5, 0.6) is 0 Å². The molecule has 0 saturated heterocycles. The second-order valence-electron chi connectivity index (χ2n) is 4.81. The highest BCUT2D eigenvalue weighted by molar-refractivity contribution is 7.98. The summed E-state index contributed by atoms with van der Waals surface area (Å²) in [5, 5.41) is 0. The van der Waals surface area contributed by atoms with E-state index in [1.54, 1.807) is 0 Å². The van der Waals surface area contributed by atoms with Crippen molar-refractivity contribution >= 4 is 11.8 Å². The first-order valence-corrected chi connectivity index (χ1v) is 7.53. The minimum Gasteiger partial charge on any atom is -0.327 e. The Morgan fingerprint density at radius 2 is 2.20 bits per heavy atom. The smallest absolute Gasteiger partial charge is 0.0180 e. The third kappa shape index (κ3) is 3.97. The average molecular weight is 230 g/mol. The monoisotopic (exact) mass is 230 g/mol. The lowest BCUT2D eigenvalue weighted by molar-refractivity contribution is 0.210. The topological polar surface area (TPSA) is 29.3 Å². The van der Waals surface area contributed by atoms with Gasteiger partial charge in [0.1, 0.15) is 0 Å². The van der Waals surface area contributed by atoms with Crippen molar-refractivity contribution in [1.29, 1.82) is 0 Å². The van der Waals surface area contributed by atoms with Crippen molar-refractivity contribution in [2.45, 2.75) is 44.7 Å². The van der Waals surface area contributed by atoms with Crippen molar-refractivity contribution < 1.29 is 0 Å². The summed E-state index contributed by atoms with van der Waals surface area (Å²) in [6, 6.07) is 1.19. The zero-order valence-electron chi connectivity index (χ0n) is 10.4. The molecule has 3 atom stereocenters. The van der Waals surface area contributed by atoms with Crippen LogP contribution in [0.25, 0.3) is 0 Å². The van der Waals surface area contributed by atoms with Crippen LogP contribution in [-0.2, 0) is 0 Å². The Kier molecular flexibility index (Phi) is 6.02. The highest BCUT2D eigenvalue weighted by Crippen LogP contribution is 2.25. The summed E-state index contributed by atoms with van der Waals surface area (Å²) in [6.45, 7) is 3.48. The van der Waals surface area contributed by atoms with E-state index in [0.717, 1.165) is 12.0 Å². The summed E-state index contributed by atoms with van der Waals surface area (Å²) in [7, 11) is 2.26. The molecule has 1 aliphatic carbocycles. The summed E-state index contributed by atoms with van der Waals surface area (Å²) in [6.07, 6.45) is 7.34. The number of nitrogens with two attached hydrogens (primary N) is 1. The van der Waals surface area contributed by atoms with Crippen molar-refractivity contribution in [1.82, 2.24) is 4.90 Å². The number of nitrogens with zero attached hydrogens (tertiary/aromatic N) is 1. The Labute approximate surface area is 99.0 Å². The maximum atomic E-state index is 6.11. The van der Waals surface area contributed by atoms with E-state index in [1.165, 1.54) is 38.0 Å². The number of rotatable bonds is 6. The Hall–Kier alpha value is 0.270. The van der Waals surface area contributed by atoms with Crippen molar-refractivity contribution in [3.8, 4) is 0 Å². The van der Waals surface area contributed by atoms with E-state index in [1.807, 2.05) is 11.8 Å². The van der Waals surface area contributed by atoms with E-state index in [0.29, 0.717) is 6.04 Å². The Bertz CT molecular complexity index is 175. The standard InChI is InChI=1S/C12H26N2S/c1-4-11(9-15-3)14(2)8-10-6-5-7-12(10)13/h10-12H,4-9,13H2,1-3H3. The van der Waals surface area contributed by atoms with Gasteiger partial charge in [-0.15, -0.1) is 0 Å². The minimum absolute atomic E-state index is 0.458. The molecule has 2 nitrogen and oxygen atoms in total. The van der Waals surface area contributed by atoms with Crippen LogP contribution < -0.4 is 5.73 Å². The first-order valence-electron chi connectivity index (χ1n) is 6.13. The summed E-state index contributed by atoms with van der Waals surface area (Å²) in [5.41, 5.74) is 6.11. The van der Waals surface area contributed by atoms with Crippen molar-refractivity contribution in [3.05, 3.63) is 0 Å². The van der Waals surface area contributed by atoms with Gasteiger partial charge in [-0.1, -0.05) is 13.3 Å². The maximum absolute atomic E-state index is 6.11. The highest BCUT2D eigenvalue weighted by Gasteiger charge is 2.26. The Balaban J connectivity index is 2.35. The minimum atomic E-state index is 0.458. The van der Waals surface area contributed by atoms with Crippen LogP contribution in [0, 0.1) is 5.92 Å². The van der Waals surface area contributed by atoms with Crippen molar-refractivity contribution in [2.24, 2.45) is 11.7 Å². The molecule has 0 aromatic carbocycles. The second kappa shape index (κ2) is 6.77. The van der Waals surface area contributed by atoms with Gasteiger partial charge in [0.05, 0.1) is 0 Å². The maximum Gasteiger partial charge on any atom is 0.0180 e. The predicted octanol–water partition coefficient (Wildman–Crippen LogP) is 2.19. The van der Waals surface area contributed by atoms with Crippen LogP contribution >= 0.6 is 11.8 Å². The third-order valence-corrected chi connectivity index (χ3v) is 4.41. The molecule has 0 spiro atoms. The van der Waals surface area contributed by atoms with E-state index in [2.05, 4.69) is 25.1 Å². The van der Waals surface area contributed by atoms with Gasteiger partial charge in [0, 0.05) is 24.4 Å². The fraction of sp³-hybridized carbons (Fsp3) is 1.00. The molecule has 90 valence electrons. The average Bonchev–Trinajstić information content (AvgIpc) is 2.60. The molecule has 0 aromatic heterocycles. The fourth-order valence-corrected chi connectivity index (χ4v) is 3.44. The summed E-state index contributed by atoms with van der Waals surface area (Å²) < 4.78 is 0. The molecule has 1 aliphatic rings. The van der Waals surface area contributed by atoms with E-state index in [9.17, 15) is 0 Å². The molecule has 0 aromatic rings. The van der Waals surface area contributed by atoms with Gasteiger partial charge in [0.25, 0.3) is 0 Å². The molecule has 1 saturated carbocycles. The second-order valence-corrected chi connectivity index (χ2v) is 5.72. The SMILES string of the molecule is CCC(CSC)N(C)CC1CCCC1N. The zero-order chi connectivity index (χ0) is 11.3. The lowest BCUT2D eigenvalue weighted by Crippen LogP contribution is -2.40. The van der Waals surface area contributed by atoms with E-state index >= 15 is 0 Å². The molecular weight excluding hydrogens is 204 g/mol. The fourth-order valence-electron chi connectivity index (χ4n) is 2.56. The van der Waals surface area contributed by atoms with Gasteiger partial charge < -0.3 is 10.6 Å². The van der Waals surface area contributed by atoms with Crippen LogP contribution in [0.3, 0.4) is 0 Å². The molecule has 3 unspecified atom stereocenters. The molecule has 0 radical (unpaired) electrons. The van der Waals surface area contributed by atoms with Crippen LogP contribution in [0.4, 0.5) is 0 Å². The molecule has 15 heavy (non-hydrogen) atoms. The summed E-state index contributed by atoms with van der Waals surface area (Å²) >= 11 is 1.95. The van der Waals surface area contributed by atoms with Gasteiger partial charge in [-0.2, -0.15) is 11.8 Å². The normalized spacial score (nSPS) is 28.6. The lowest BCUT2D eigenvalue weighted by Gasteiger charge is -2.30. The molecule has 1 rings (SSSR count). The molecule has 0 heterocycles. The van der Waals surface area contributed by atoms with Crippen LogP contribution in [0.1, 0.15) is 32.6 Å². The van der Waals surface area contributed by atoms with Gasteiger partial charge in [-0.05, 0) is 38.5 Å². The van der Waals surface area contributed by atoms with E-state index in [4.69, 9.17) is 5.73 Å². The number of thioether (sulfide) groups is 1. The van der Waals surface area contributed by atoms with Gasteiger partial charge in [-0.3, -0.25) is 0 Å².